The summed E-state index contributed by atoms with van der Waals surface area (Å²) in [6.45, 7) is 0.244. The van der Waals surface area contributed by atoms with Gasteiger partial charge in [0.1, 0.15) is 12.3 Å². The van der Waals surface area contributed by atoms with E-state index in [0.29, 0.717) is 30.6 Å². The summed E-state index contributed by atoms with van der Waals surface area (Å²) in [6, 6.07) is 2.11. The lowest BCUT2D eigenvalue weighted by Gasteiger charge is -2.42. The topological polar surface area (TPSA) is 175 Å². The van der Waals surface area contributed by atoms with Gasteiger partial charge in [-0.2, -0.15) is 0 Å². The number of aliphatic carboxylic acids is 1. The number of carbonyl (C=O) groups excluding carboxylic acids is 5. The summed E-state index contributed by atoms with van der Waals surface area (Å²) in [7, 11) is 0. The third-order valence-corrected chi connectivity index (χ3v) is 6.19. The number of hydrogen-bond acceptors (Lipinski definition) is 8. The van der Waals surface area contributed by atoms with Crippen LogP contribution in [0.3, 0.4) is 0 Å². The molecule has 37 heavy (non-hydrogen) atoms. The van der Waals surface area contributed by atoms with Crippen molar-refractivity contribution >= 4 is 36.0 Å². The lowest BCUT2D eigenvalue weighted by molar-refractivity contribution is -0.155. The van der Waals surface area contributed by atoms with Crippen LogP contribution in [0.4, 0.5) is 4.79 Å². The number of ether oxygens (including phenoxy) is 2. The minimum atomic E-state index is -1.29. The predicted octanol–water partition coefficient (Wildman–Crippen LogP) is -0.429. The molecule has 14 nitrogen and oxygen atoms in total. The third-order valence-electron chi connectivity index (χ3n) is 6.19. The number of nitrogens with one attached hydrogen (secondary N) is 2. The number of carboxylic acid groups (broad SMARTS) is 1. The lowest BCUT2D eigenvalue weighted by Crippen LogP contribution is -2.64. The molecule has 1 aromatic rings. The average Bonchev–Trinajstić information content (AvgIpc) is 3.31. The zero-order valence-electron chi connectivity index (χ0n) is 19.9. The highest BCUT2D eigenvalue weighted by Crippen LogP contribution is 2.32. The number of aldehydes is 1. The van der Waals surface area contributed by atoms with Gasteiger partial charge in [0, 0.05) is 19.4 Å². The zero-order chi connectivity index (χ0) is 26.5. The maximum absolute atomic E-state index is 13.4. The molecule has 0 aromatic heterocycles. The van der Waals surface area contributed by atoms with Gasteiger partial charge >= 0.3 is 12.0 Å². The molecule has 3 aliphatic heterocycles. The number of fused-ring (bicyclic) bond motifs is 2. The Morgan fingerprint density at radius 3 is 2.70 bits per heavy atom. The molecule has 5 amide bonds. The number of hydrogen-bond donors (Lipinski definition) is 3. The van der Waals surface area contributed by atoms with Crippen LogP contribution in [-0.4, -0.2) is 88.1 Å². The van der Waals surface area contributed by atoms with Gasteiger partial charge in [0.25, 0.3) is 0 Å². The quantitative estimate of drug-likeness (QED) is 0.367. The molecule has 4 rings (SSSR count). The van der Waals surface area contributed by atoms with Crippen molar-refractivity contribution < 1.29 is 43.3 Å². The van der Waals surface area contributed by atoms with Crippen LogP contribution >= 0.6 is 0 Å². The largest absolute Gasteiger partial charge is 0.481 e. The van der Waals surface area contributed by atoms with E-state index in [9.17, 15) is 28.8 Å². The van der Waals surface area contributed by atoms with Gasteiger partial charge in [-0.05, 0) is 37.0 Å². The van der Waals surface area contributed by atoms with Gasteiger partial charge in [0.05, 0.1) is 19.0 Å². The lowest BCUT2D eigenvalue weighted by atomic mass is 10.1. The highest BCUT2D eigenvalue weighted by Gasteiger charge is 2.44. The van der Waals surface area contributed by atoms with E-state index >= 15 is 0 Å². The van der Waals surface area contributed by atoms with Gasteiger partial charge in [-0.25, -0.2) is 19.8 Å². The van der Waals surface area contributed by atoms with Crippen LogP contribution in [0.25, 0.3) is 0 Å². The number of nitrogens with zero attached hydrogens (tertiary/aromatic N) is 3. The van der Waals surface area contributed by atoms with E-state index in [1.54, 1.807) is 12.1 Å². The van der Waals surface area contributed by atoms with E-state index in [2.05, 4.69) is 10.7 Å². The molecule has 0 aliphatic carbocycles. The first kappa shape index (κ1) is 25.7. The molecule has 2 unspecified atom stereocenters. The molecular weight excluding hydrogens is 490 g/mol. The molecular formula is C23H27N5O9. The molecule has 3 N–H and O–H groups in total. The molecule has 3 aliphatic rings. The molecule has 0 saturated carbocycles. The molecule has 2 saturated heterocycles. The average molecular weight is 517 g/mol. The molecule has 0 radical (unpaired) electrons. The summed E-state index contributed by atoms with van der Waals surface area (Å²) in [5.41, 5.74) is 3.36. The van der Waals surface area contributed by atoms with Crippen molar-refractivity contribution in [2.45, 2.75) is 50.6 Å². The van der Waals surface area contributed by atoms with Gasteiger partial charge < -0.3 is 24.7 Å². The molecule has 0 spiro atoms. The first-order chi connectivity index (χ1) is 17.8. The van der Waals surface area contributed by atoms with E-state index < -0.39 is 48.2 Å². The highest BCUT2D eigenvalue weighted by molar-refractivity contribution is 5.92. The summed E-state index contributed by atoms with van der Waals surface area (Å²) < 4.78 is 10.6. The van der Waals surface area contributed by atoms with Crippen molar-refractivity contribution in [2.24, 2.45) is 0 Å². The number of amides is 5. The molecule has 3 heterocycles. The minimum Gasteiger partial charge on any atom is -0.481 e. The fraction of sp³-hybridized carbons (Fsp3) is 0.478. The predicted molar refractivity (Wildman–Crippen MR) is 123 cm³/mol. The van der Waals surface area contributed by atoms with Gasteiger partial charge in [0.2, 0.25) is 24.5 Å². The fourth-order valence-corrected chi connectivity index (χ4v) is 4.38. The minimum absolute atomic E-state index is 0.0429. The van der Waals surface area contributed by atoms with Gasteiger partial charge in [-0.15, -0.1) is 0 Å². The van der Waals surface area contributed by atoms with E-state index in [4.69, 9.17) is 14.6 Å². The summed E-state index contributed by atoms with van der Waals surface area (Å²) in [5.74, 6) is -1.69. The van der Waals surface area contributed by atoms with Crippen molar-refractivity contribution in [3.63, 3.8) is 0 Å². The Morgan fingerprint density at radius 2 is 1.95 bits per heavy atom. The normalized spacial score (nSPS) is 19.6. The number of carbonyl (C=O) groups is 6. The Balaban J connectivity index is 1.42. The van der Waals surface area contributed by atoms with Gasteiger partial charge in [-0.3, -0.25) is 24.6 Å². The van der Waals surface area contributed by atoms with Crippen LogP contribution in [-0.2, 0) is 30.4 Å². The summed E-state index contributed by atoms with van der Waals surface area (Å²) >= 11 is 0. The van der Waals surface area contributed by atoms with Crippen LogP contribution in [0, 0.1) is 0 Å². The summed E-state index contributed by atoms with van der Waals surface area (Å²) in [5, 5.41) is 14.4. The summed E-state index contributed by atoms with van der Waals surface area (Å²) in [6.07, 6.45) is 0.613. The van der Waals surface area contributed by atoms with Crippen molar-refractivity contribution in [1.82, 2.24) is 25.8 Å². The van der Waals surface area contributed by atoms with Crippen molar-refractivity contribution in [3.05, 3.63) is 23.8 Å². The Bertz CT molecular complexity index is 1110. The third kappa shape index (κ3) is 5.90. The zero-order valence-corrected chi connectivity index (χ0v) is 19.9. The molecule has 1 aromatic carbocycles. The Hall–Kier alpha value is -4.36. The second-order valence-electron chi connectivity index (χ2n) is 8.78. The van der Waals surface area contributed by atoms with E-state index in [0.717, 1.165) is 15.6 Å². The monoisotopic (exact) mass is 517 g/mol. The number of carboxylic acids is 1. The van der Waals surface area contributed by atoms with Gasteiger partial charge in [-0.1, -0.05) is 6.07 Å². The first-order valence-electron chi connectivity index (χ1n) is 11.8. The fourth-order valence-electron chi connectivity index (χ4n) is 4.38. The Morgan fingerprint density at radius 1 is 1.16 bits per heavy atom. The Labute approximate surface area is 211 Å². The first-order valence-corrected chi connectivity index (χ1v) is 11.8. The summed E-state index contributed by atoms with van der Waals surface area (Å²) in [4.78, 5) is 73.9. The smallest absolute Gasteiger partial charge is 0.358 e. The molecule has 2 atom stereocenters. The van der Waals surface area contributed by atoms with Gasteiger partial charge in [0.15, 0.2) is 11.5 Å². The highest BCUT2D eigenvalue weighted by atomic mass is 16.7. The maximum atomic E-state index is 13.4. The number of aryl methyl sites for hydroxylation is 1. The van der Waals surface area contributed by atoms with Crippen LogP contribution in [0.5, 0.6) is 11.5 Å². The van der Waals surface area contributed by atoms with Crippen molar-refractivity contribution in [2.75, 3.05) is 19.9 Å². The van der Waals surface area contributed by atoms with Crippen molar-refractivity contribution in [3.8, 4) is 11.5 Å². The van der Waals surface area contributed by atoms with Crippen LogP contribution in [0.1, 0.15) is 37.7 Å². The van der Waals surface area contributed by atoms with E-state index in [1.165, 1.54) is 5.01 Å². The molecule has 198 valence electrons. The van der Waals surface area contributed by atoms with Crippen LogP contribution in [0.2, 0.25) is 0 Å². The Kier molecular flexibility index (Phi) is 7.74. The molecule has 2 fully saturated rings. The number of rotatable bonds is 9. The molecule has 14 heteroatoms. The van der Waals surface area contributed by atoms with E-state index in [-0.39, 0.29) is 39.1 Å². The van der Waals surface area contributed by atoms with E-state index in [1.807, 2.05) is 6.07 Å². The maximum Gasteiger partial charge on any atom is 0.358 e. The second kappa shape index (κ2) is 11.1. The van der Waals surface area contributed by atoms with Crippen molar-refractivity contribution in [1.29, 1.82) is 0 Å². The SMILES string of the molecule is O=CC(CC(=O)O)NC(=O)C1CCCN2C(=O)CCN(NC(=O)CCc3ccc4c(c3)OCO4)C(=O)N12. The standard InChI is InChI=1S/C23H27N5O9/c29-12-15(11-21(32)33)24-22(34)16-2-1-8-27-20(31)7-9-26(23(35)28(16)27)25-19(30)6-4-14-3-5-17-18(10-14)37-13-36-17/h3,5,10,12,15-16H,1-2,4,6-9,11,13H2,(H,24,34)(H,25,30)(H,32,33). The number of hydrazine groups is 2. The number of benzene rings is 1. The number of urea groups is 1. The second-order valence-corrected chi connectivity index (χ2v) is 8.78. The van der Waals surface area contributed by atoms with Crippen LogP contribution in [0.15, 0.2) is 18.2 Å². The van der Waals surface area contributed by atoms with Crippen LogP contribution < -0.4 is 20.2 Å². The molecule has 0 bridgehead atoms.